The molecule has 0 bridgehead atoms. The first-order valence-electron chi connectivity index (χ1n) is 10.6. The van der Waals surface area contributed by atoms with E-state index in [0.29, 0.717) is 12.2 Å². The highest BCUT2D eigenvalue weighted by Crippen LogP contribution is 2.51. The highest BCUT2D eigenvalue weighted by atomic mass is 19.4. The van der Waals surface area contributed by atoms with Gasteiger partial charge in [0, 0.05) is 11.6 Å². The Morgan fingerprint density at radius 3 is 2.66 bits per heavy atom. The molecule has 1 amide bonds. The van der Waals surface area contributed by atoms with E-state index in [9.17, 15) is 18.0 Å². The number of carbonyl (C=O) groups excluding carboxylic acids is 1. The number of pyridine rings is 1. The van der Waals surface area contributed by atoms with Crippen molar-refractivity contribution in [1.82, 2.24) is 19.7 Å². The molecule has 0 spiro atoms. The summed E-state index contributed by atoms with van der Waals surface area (Å²) in [5.74, 6) is 0.0597. The van der Waals surface area contributed by atoms with E-state index in [0.717, 1.165) is 36.2 Å². The summed E-state index contributed by atoms with van der Waals surface area (Å²) in [5.41, 5.74) is 1.22. The first kappa shape index (κ1) is 20.7. The molecular weight excluding hydrogens is 419 g/mol. The summed E-state index contributed by atoms with van der Waals surface area (Å²) in [7, 11) is 0. The Morgan fingerprint density at radius 1 is 1.09 bits per heavy atom. The van der Waals surface area contributed by atoms with Crippen molar-refractivity contribution in [2.75, 3.05) is 4.90 Å². The van der Waals surface area contributed by atoms with Gasteiger partial charge in [-0.1, -0.05) is 18.6 Å². The van der Waals surface area contributed by atoms with E-state index in [1.165, 1.54) is 18.2 Å². The van der Waals surface area contributed by atoms with Gasteiger partial charge in [-0.15, -0.1) is 0 Å². The number of carbonyl (C=O) groups is 1. The van der Waals surface area contributed by atoms with Crippen LogP contribution in [0.1, 0.15) is 47.9 Å². The van der Waals surface area contributed by atoms with Gasteiger partial charge in [-0.25, -0.2) is 14.6 Å². The predicted octanol–water partition coefficient (Wildman–Crippen LogP) is 4.80. The maximum Gasteiger partial charge on any atom is 0.416 e. The van der Waals surface area contributed by atoms with Gasteiger partial charge >= 0.3 is 6.18 Å². The zero-order valence-corrected chi connectivity index (χ0v) is 17.7. The van der Waals surface area contributed by atoms with Crippen molar-refractivity contribution in [2.45, 2.75) is 45.3 Å². The molecule has 0 N–H and O–H groups in total. The standard InChI is InChI=1S/C23H22F3N5O/c1-13-5-3-6-16(9-13)31-21(27-12-28-31)20-17-7-4-8-18(17)22(32)30(20)19-11-15(23(24,25)26)10-14(2)29-19/h3,5-6,9-12,17-18,20H,4,7-8H2,1-2H3. The van der Waals surface area contributed by atoms with E-state index in [1.807, 2.05) is 31.2 Å². The third kappa shape index (κ3) is 3.36. The molecule has 1 saturated carbocycles. The largest absolute Gasteiger partial charge is 0.416 e. The molecule has 2 fully saturated rings. The van der Waals surface area contributed by atoms with E-state index in [4.69, 9.17) is 0 Å². The maximum atomic E-state index is 13.5. The van der Waals surface area contributed by atoms with Crippen LogP contribution in [0, 0.1) is 25.7 Å². The van der Waals surface area contributed by atoms with Crippen molar-refractivity contribution in [3.63, 3.8) is 0 Å². The number of hydrogen-bond acceptors (Lipinski definition) is 4. The normalized spacial score (nSPS) is 23.1. The van der Waals surface area contributed by atoms with Gasteiger partial charge in [0.25, 0.3) is 0 Å². The first-order chi connectivity index (χ1) is 15.2. The number of fused-ring (bicyclic) bond motifs is 1. The Kier molecular flexibility index (Phi) is 4.79. The molecule has 2 aliphatic rings. The van der Waals surface area contributed by atoms with Crippen molar-refractivity contribution in [3.05, 3.63) is 65.4 Å². The third-order valence-electron chi connectivity index (χ3n) is 6.41. The lowest BCUT2D eigenvalue weighted by molar-refractivity contribution is -0.137. The molecule has 3 heterocycles. The lowest BCUT2D eigenvalue weighted by Gasteiger charge is -2.27. The SMILES string of the molecule is Cc1cccc(-n2ncnc2C2C3CCCC3C(=O)N2c2cc(C(F)(F)F)cc(C)n2)c1. The molecule has 2 aromatic heterocycles. The molecule has 0 radical (unpaired) electrons. The van der Waals surface area contributed by atoms with Crippen molar-refractivity contribution < 1.29 is 18.0 Å². The molecule has 3 atom stereocenters. The van der Waals surface area contributed by atoms with E-state index in [-0.39, 0.29) is 29.3 Å². The molecule has 3 unspecified atom stereocenters. The molecule has 166 valence electrons. The zero-order valence-electron chi connectivity index (χ0n) is 17.7. The Balaban J connectivity index is 1.66. The van der Waals surface area contributed by atoms with Crippen LogP contribution in [0.4, 0.5) is 19.0 Å². The fraction of sp³-hybridized carbons (Fsp3) is 0.391. The smallest absolute Gasteiger partial charge is 0.285 e. The molecule has 1 aromatic carbocycles. The molecule has 6 nitrogen and oxygen atoms in total. The number of halogens is 3. The van der Waals surface area contributed by atoms with Crippen molar-refractivity contribution >= 4 is 11.7 Å². The Morgan fingerprint density at radius 2 is 1.91 bits per heavy atom. The van der Waals surface area contributed by atoms with Crippen LogP contribution in [0.15, 0.2) is 42.7 Å². The molecule has 5 rings (SSSR count). The van der Waals surface area contributed by atoms with Crippen LogP contribution in [-0.2, 0) is 11.0 Å². The van der Waals surface area contributed by atoms with Crippen molar-refractivity contribution in [1.29, 1.82) is 0 Å². The Hall–Kier alpha value is -3.23. The monoisotopic (exact) mass is 441 g/mol. The Bertz CT molecular complexity index is 1190. The maximum absolute atomic E-state index is 13.5. The zero-order chi connectivity index (χ0) is 22.6. The summed E-state index contributed by atoms with van der Waals surface area (Å²) >= 11 is 0. The van der Waals surface area contributed by atoms with Crippen LogP contribution < -0.4 is 4.90 Å². The molecule has 1 aliphatic carbocycles. The highest BCUT2D eigenvalue weighted by molar-refractivity contribution is 5.98. The number of hydrogen-bond donors (Lipinski definition) is 0. The molecule has 3 aromatic rings. The van der Waals surface area contributed by atoms with Crippen molar-refractivity contribution in [2.24, 2.45) is 11.8 Å². The van der Waals surface area contributed by atoms with E-state index in [2.05, 4.69) is 15.1 Å². The van der Waals surface area contributed by atoms with Gasteiger partial charge in [0.2, 0.25) is 5.91 Å². The van der Waals surface area contributed by atoms with Gasteiger partial charge in [-0.3, -0.25) is 9.69 Å². The third-order valence-corrected chi connectivity index (χ3v) is 6.41. The van der Waals surface area contributed by atoms with E-state index in [1.54, 1.807) is 4.68 Å². The minimum absolute atomic E-state index is 0.0144. The summed E-state index contributed by atoms with van der Waals surface area (Å²) in [6, 6.07) is 9.15. The van der Waals surface area contributed by atoms with Crippen LogP contribution in [0.2, 0.25) is 0 Å². The lowest BCUT2D eigenvalue weighted by atomic mass is 9.93. The topological polar surface area (TPSA) is 63.9 Å². The second kappa shape index (κ2) is 7.43. The van der Waals surface area contributed by atoms with E-state index >= 15 is 0 Å². The quantitative estimate of drug-likeness (QED) is 0.586. The number of aryl methyl sites for hydroxylation is 2. The van der Waals surface area contributed by atoms with Gasteiger partial charge in [-0.05, 0) is 62.4 Å². The van der Waals surface area contributed by atoms with Gasteiger partial charge < -0.3 is 0 Å². The summed E-state index contributed by atoms with van der Waals surface area (Å²) in [4.78, 5) is 23.6. The predicted molar refractivity (Wildman–Crippen MR) is 111 cm³/mol. The number of nitrogens with zero attached hydrogens (tertiary/aromatic N) is 5. The number of amides is 1. The number of anilines is 1. The van der Waals surface area contributed by atoms with Gasteiger partial charge in [0.1, 0.15) is 18.2 Å². The average Bonchev–Trinajstić information content (AvgIpc) is 3.44. The van der Waals surface area contributed by atoms with Crippen LogP contribution in [0.25, 0.3) is 5.69 Å². The van der Waals surface area contributed by atoms with Crippen LogP contribution in [-0.4, -0.2) is 25.7 Å². The number of aromatic nitrogens is 4. The fourth-order valence-electron chi connectivity index (χ4n) is 5.09. The fourth-order valence-corrected chi connectivity index (χ4v) is 5.09. The second-order valence-electron chi connectivity index (χ2n) is 8.58. The van der Waals surface area contributed by atoms with Crippen LogP contribution in [0.3, 0.4) is 0 Å². The molecular formula is C23H22F3N5O. The minimum Gasteiger partial charge on any atom is -0.285 e. The summed E-state index contributed by atoms with van der Waals surface area (Å²) in [6.45, 7) is 3.47. The summed E-state index contributed by atoms with van der Waals surface area (Å²) in [6.07, 6.45) is -0.687. The molecule has 1 aliphatic heterocycles. The molecule has 1 saturated heterocycles. The number of benzene rings is 1. The average molecular weight is 441 g/mol. The lowest BCUT2D eigenvalue weighted by Crippen LogP contribution is -2.33. The van der Waals surface area contributed by atoms with Gasteiger partial charge in [-0.2, -0.15) is 18.3 Å². The van der Waals surface area contributed by atoms with Crippen molar-refractivity contribution in [3.8, 4) is 5.69 Å². The summed E-state index contributed by atoms with van der Waals surface area (Å²) < 4.78 is 42.2. The van der Waals surface area contributed by atoms with Crippen LogP contribution in [0.5, 0.6) is 0 Å². The van der Waals surface area contributed by atoms with Crippen LogP contribution >= 0.6 is 0 Å². The minimum atomic E-state index is -4.53. The summed E-state index contributed by atoms with van der Waals surface area (Å²) in [5, 5.41) is 4.38. The second-order valence-corrected chi connectivity index (χ2v) is 8.58. The number of alkyl halides is 3. The first-order valence-corrected chi connectivity index (χ1v) is 10.6. The number of rotatable bonds is 3. The highest BCUT2D eigenvalue weighted by Gasteiger charge is 2.53. The van der Waals surface area contributed by atoms with Gasteiger partial charge in [0.05, 0.1) is 11.3 Å². The molecule has 9 heteroatoms. The Labute approximate surface area is 183 Å². The van der Waals surface area contributed by atoms with Gasteiger partial charge in [0.15, 0.2) is 5.82 Å². The van der Waals surface area contributed by atoms with E-state index < -0.39 is 17.8 Å². The molecule has 32 heavy (non-hydrogen) atoms.